The SMILES string of the molecule is Cc1ccc(-c2cnc(C(C)N3CCNCC3)nc2)cc1. The molecule has 0 amide bonds. The second kappa shape index (κ2) is 6.33. The summed E-state index contributed by atoms with van der Waals surface area (Å²) in [6, 6.07) is 8.75. The van der Waals surface area contributed by atoms with Crippen LogP contribution >= 0.6 is 0 Å². The van der Waals surface area contributed by atoms with Crippen molar-refractivity contribution in [1.82, 2.24) is 20.2 Å². The van der Waals surface area contributed by atoms with Crippen molar-refractivity contribution >= 4 is 0 Å². The van der Waals surface area contributed by atoms with Gasteiger partial charge in [-0.15, -0.1) is 0 Å². The molecule has 1 aromatic carbocycles. The molecule has 3 rings (SSSR count). The van der Waals surface area contributed by atoms with Gasteiger partial charge in [0, 0.05) is 44.1 Å². The lowest BCUT2D eigenvalue weighted by molar-refractivity contribution is 0.179. The molecule has 1 aliphatic rings. The first kappa shape index (κ1) is 14.2. The third-order valence-corrected chi connectivity index (χ3v) is 4.13. The van der Waals surface area contributed by atoms with Crippen LogP contribution in [0.15, 0.2) is 36.7 Å². The quantitative estimate of drug-likeness (QED) is 0.938. The van der Waals surface area contributed by atoms with Crippen LogP contribution in [-0.4, -0.2) is 41.0 Å². The molecule has 4 heteroatoms. The molecule has 0 aliphatic carbocycles. The molecule has 1 unspecified atom stereocenters. The van der Waals surface area contributed by atoms with Crippen molar-refractivity contribution in [1.29, 1.82) is 0 Å². The Balaban J connectivity index is 1.75. The van der Waals surface area contributed by atoms with E-state index in [9.17, 15) is 0 Å². The van der Waals surface area contributed by atoms with Crippen molar-refractivity contribution in [3.05, 3.63) is 48.0 Å². The van der Waals surface area contributed by atoms with Gasteiger partial charge in [0.1, 0.15) is 5.82 Å². The molecular weight excluding hydrogens is 260 g/mol. The maximum atomic E-state index is 4.58. The molecule has 110 valence electrons. The second-order valence-corrected chi connectivity index (χ2v) is 5.66. The maximum Gasteiger partial charge on any atom is 0.145 e. The van der Waals surface area contributed by atoms with E-state index in [4.69, 9.17) is 0 Å². The summed E-state index contributed by atoms with van der Waals surface area (Å²) in [6.07, 6.45) is 3.87. The molecule has 1 N–H and O–H groups in total. The first-order valence-corrected chi connectivity index (χ1v) is 7.58. The second-order valence-electron chi connectivity index (χ2n) is 5.66. The highest BCUT2D eigenvalue weighted by Crippen LogP contribution is 2.21. The summed E-state index contributed by atoms with van der Waals surface area (Å²) >= 11 is 0. The van der Waals surface area contributed by atoms with Crippen molar-refractivity contribution in [2.45, 2.75) is 19.9 Å². The third kappa shape index (κ3) is 3.28. The molecule has 21 heavy (non-hydrogen) atoms. The van der Waals surface area contributed by atoms with Gasteiger partial charge in [-0.25, -0.2) is 9.97 Å². The van der Waals surface area contributed by atoms with Crippen LogP contribution in [0.1, 0.15) is 24.4 Å². The molecular formula is C17H22N4. The van der Waals surface area contributed by atoms with E-state index in [-0.39, 0.29) is 6.04 Å². The Morgan fingerprint density at radius 2 is 1.62 bits per heavy atom. The molecule has 0 saturated carbocycles. The number of aryl methyl sites for hydroxylation is 1. The Bertz CT molecular complexity index is 571. The summed E-state index contributed by atoms with van der Waals surface area (Å²) in [5.41, 5.74) is 3.51. The van der Waals surface area contributed by atoms with E-state index in [1.165, 1.54) is 11.1 Å². The van der Waals surface area contributed by atoms with Gasteiger partial charge in [-0.3, -0.25) is 4.90 Å². The number of hydrogen-bond donors (Lipinski definition) is 1. The highest BCUT2D eigenvalue weighted by atomic mass is 15.2. The van der Waals surface area contributed by atoms with Gasteiger partial charge in [-0.05, 0) is 19.4 Å². The number of piperazine rings is 1. The molecule has 4 nitrogen and oxygen atoms in total. The predicted octanol–water partition coefficient (Wildman–Crippen LogP) is 2.42. The van der Waals surface area contributed by atoms with E-state index in [1.807, 2.05) is 12.4 Å². The van der Waals surface area contributed by atoms with Crippen LogP contribution < -0.4 is 5.32 Å². The summed E-state index contributed by atoms with van der Waals surface area (Å²) in [5.74, 6) is 0.910. The lowest BCUT2D eigenvalue weighted by Gasteiger charge is -2.31. The number of nitrogens with zero attached hydrogens (tertiary/aromatic N) is 3. The van der Waals surface area contributed by atoms with Crippen LogP contribution in [0.5, 0.6) is 0 Å². The summed E-state index contributed by atoms with van der Waals surface area (Å²) in [7, 11) is 0. The highest BCUT2D eigenvalue weighted by Gasteiger charge is 2.19. The fourth-order valence-corrected chi connectivity index (χ4v) is 2.68. The summed E-state index contributed by atoms with van der Waals surface area (Å²) in [4.78, 5) is 11.6. The normalized spacial score (nSPS) is 17.6. The van der Waals surface area contributed by atoms with Crippen molar-refractivity contribution in [3.63, 3.8) is 0 Å². The van der Waals surface area contributed by atoms with Gasteiger partial charge in [0.15, 0.2) is 0 Å². The zero-order valence-electron chi connectivity index (χ0n) is 12.7. The van der Waals surface area contributed by atoms with Crippen molar-refractivity contribution in [2.24, 2.45) is 0 Å². The monoisotopic (exact) mass is 282 g/mol. The van der Waals surface area contributed by atoms with Crippen molar-refractivity contribution < 1.29 is 0 Å². The Labute approximate surface area is 126 Å². The predicted molar refractivity (Wildman–Crippen MR) is 85.1 cm³/mol. The highest BCUT2D eigenvalue weighted by molar-refractivity contribution is 5.61. The van der Waals surface area contributed by atoms with Gasteiger partial charge in [0.25, 0.3) is 0 Å². The van der Waals surface area contributed by atoms with Crippen LogP contribution in [0, 0.1) is 6.92 Å². The molecule has 2 heterocycles. The van der Waals surface area contributed by atoms with E-state index >= 15 is 0 Å². The average molecular weight is 282 g/mol. The number of hydrogen-bond acceptors (Lipinski definition) is 4. The van der Waals surface area contributed by atoms with Crippen LogP contribution in [0.3, 0.4) is 0 Å². The van der Waals surface area contributed by atoms with Gasteiger partial charge >= 0.3 is 0 Å². The van der Waals surface area contributed by atoms with Gasteiger partial charge in [-0.2, -0.15) is 0 Å². The van der Waals surface area contributed by atoms with Gasteiger partial charge in [-0.1, -0.05) is 29.8 Å². The number of nitrogens with one attached hydrogen (secondary N) is 1. The fourth-order valence-electron chi connectivity index (χ4n) is 2.68. The molecule has 1 fully saturated rings. The number of aromatic nitrogens is 2. The largest absolute Gasteiger partial charge is 0.314 e. The smallest absolute Gasteiger partial charge is 0.145 e. The van der Waals surface area contributed by atoms with E-state index in [0.29, 0.717) is 0 Å². The number of rotatable bonds is 3. The first-order chi connectivity index (χ1) is 10.2. The molecule has 1 atom stereocenters. The zero-order valence-corrected chi connectivity index (χ0v) is 12.7. The van der Waals surface area contributed by atoms with Crippen LogP contribution in [0.2, 0.25) is 0 Å². The Morgan fingerprint density at radius 3 is 2.24 bits per heavy atom. The maximum absolute atomic E-state index is 4.58. The van der Waals surface area contributed by atoms with Crippen LogP contribution in [-0.2, 0) is 0 Å². The van der Waals surface area contributed by atoms with E-state index < -0.39 is 0 Å². The molecule has 0 bridgehead atoms. The minimum Gasteiger partial charge on any atom is -0.314 e. The molecule has 1 aliphatic heterocycles. The Morgan fingerprint density at radius 1 is 1.00 bits per heavy atom. The minimum atomic E-state index is 0.277. The van der Waals surface area contributed by atoms with E-state index in [0.717, 1.165) is 37.6 Å². The Hall–Kier alpha value is -1.78. The topological polar surface area (TPSA) is 41.1 Å². The molecule has 1 aromatic heterocycles. The zero-order chi connectivity index (χ0) is 14.7. The standard InChI is InChI=1S/C17H22N4/c1-13-3-5-15(6-4-13)16-11-19-17(20-12-16)14(2)21-9-7-18-8-10-21/h3-6,11-12,14,18H,7-10H2,1-2H3. The van der Waals surface area contributed by atoms with Crippen molar-refractivity contribution in [3.8, 4) is 11.1 Å². The average Bonchev–Trinajstić information content (AvgIpc) is 2.56. The summed E-state index contributed by atoms with van der Waals surface area (Å²) < 4.78 is 0. The molecule has 2 aromatic rings. The lowest BCUT2D eigenvalue weighted by atomic mass is 10.1. The van der Waals surface area contributed by atoms with Gasteiger partial charge in [0.05, 0.1) is 6.04 Å². The van der Waals surface area contributed by atoms with E-state index in [2.05, 4.69) is 58.3 Å². The van der Waals surface area contributed by atoms with Crippen LogP contribution in [0.25, 0.3) is 11.1 Å². The molecule has 1 saturated heterocycles. The summed E-state index contributed by atoms with van der Waals surface area (Å²) in [6.45, 7) is 8.50. The minimum absolute atomic E-state index is 0.277. The Kier molecular flexibility index (Phi) is 4.27. The van der Waals surface area contributed by atoms with Gasteiger partial charge < -0.3 is 5.32 Å². The van der Waals surface area contributed by atoms with Crippen molar-refractivity contribution in [2.75, 3.05) is 26.2 Å². The summed E-state index contributed by atoms with van der Waals surface area (Å²) in [5, 5.41) is 3.37. The lowest BCUT2D eigenvalue weighted by Crippen LogP contribution is -2.44. The third-order valence-electron chi connectivity index (χ3n) is 4.13. The van der Waals surface area contributed by atoms with Gasteiger partial charge in [0.2, 0.25) is 0 Å². The fraction of sp³-hybridized carbons (Fsp3) is 0.412. The molecule has 0 radical (unpaired) electrons. The molecule has 0 spiro atoms. The van der Waals surface area contributed by atoms with E-state index in [1.54, 1.807) is 0 Å². The number of benzene rings is 1. The van der Waals surface area contributed by atoms with Crippen LogP contribution in [0.4, 0.5) is 0 Å². The first-order valence-electron chi connectivity index (χ1n) is 7.58.